The molecule has 0 spiro atoms. The van der Waals surface area contributed by atoms with Gasteiger partial charge in [0.05, 0.1) is 6.54 Å². The van der Waals surface area contributed by atoms with E-state index in [0.717, 1.165) is 22.2 Å². The number of fused-ring (bicyclic) bond motifs is 1. The molecule has 0 aliphatic carbocycles. The highest BCUT2D eigenvalue weighted by atomic mass is 35.5. The molecule has 0 fully saturated rings. The van der Waals surface area contributed by atoms with E-state index in [1.165, 1.54) is 0 Å². The Kier molecular flexibility index (Phi) is 2.99. The molecule has 2 rings (SSSR count). The maximum atomic E-state index is 11.9. The molecule has 0 atom stereocenters. The van der Waals surface area contributed by atoms with Gasteiger partial charge < -0.3 is 10.3 Å². The molecule has 0 amide bonds. The first-order chi connectivity index (χ1) is 7.63. The molecule has 16 heavy (non-hydrogen) atoms. The third-order valence-electron chi connectivity index (χ3n) is 2.56. The van der Waals surface area contributed by atoms with Crippen LogP contribution in [0, 0.1) is 6.92 Å². The number of carbonyl (C=O) groups is 1. The standard InChI is InChI=1S/C12H13ClN2O/c1-7-12(11(16)6-14-2)9-5-8(13)3-4-10(9)15-7/h3-5,14-15H,6H2,1-2H3. The average Bonchev–Trinajstić information content (AvgIpc) is 2.53. The SMILES string of the molecule is CNCC(=O)c1c(C)[nH]c2ccc(Cl)cc12. The molecule has 0 radical (unpaired) electrons. The average molecular weight is 237 g/mol. The minimum Gasteiger partial charge on any atom is -0.358 e. The van der Waals surface area contributed by atoms with Gasteiger partial charge in [-0.3, -0.25) is 4.79 Å². The van der Waals surface area contributed by atoms with Crippen molar-refractivity contribution in [2.75, 3.05) is 13.6 Å². The van der Waals surface area contributed by atoms with Crippen LogP contribution >= 0.6 is 11.6 Å². The number of benzene rings is 1. The Bertz CT molecular complexity index is 545. The van der Waals surface area contributed by atoms with E-state index in [9.17, 15) is 4.79 Å². The predicted molar refractivity (Wildman–Crippen MR) is 66.3 cm³/mol. The van der Waals surface area contributed by atoms with Gasteiger partial charge in [0, 0.05) is 27.2 Å². The second-order valence-electron chi connectivity index (χ2n) is 3.77. The maximum Gasteiger partial charge on any atom is 0.179 e. The number of aromatic nitrogens is 1. The van der Waals surface area contributed by atoms with Crippen molar-refractivity contribution >= 4 is 28.3 Å². The van der Waals surface area contributed by atoms with Crippen LogP contribution in [0.1, 0.15) is 16.1 Å². The highest BCUT2D eigenvalue weighted by Crippen LogP contribution is 2.25. The Morgan fingerprint density at radius 2 is 2.25 bits per heavy atom. The topological polar surface area (TPSA) is 44.9 Å². The predicted octanol–water partition coefficient (Wildman–Crippen LogP) is 2.53. The zero-order valence-electron chi connectivity index (χ0n) is 9.23. The summed E-state index contributed by atoms with van der Waals surface area (Å²) in [7, 11) is 1.76. The Morgan fingerprint density at radius 3 is 2.94 bits per heavy atom. The first-order valence-electron chi connectivity index (χ1n) is 5.09. The van der Waals surface area contributed by atoms with Crippen LogP contribution in [0.5, 0.6) is 0 Å². The lowest BCUT2D eigenvalue weighted by atomic mass is 10.1. The molecule has 0 bridgehead atoms. The summed E-state index contributed by atoms with van der Waals surface area (Å²) < 4.78 is 0. The number of carbonyl (C=O) groups excluding carboxylic acids is 1. The summed E-state index contributed by atoms with van der Waals surface area (Å²) in [4.78, 5) is 15.1. The summed E-state index contributed by atoms with van der Waals surface area (Å²) in [5.74, 6) is 0.0773. The number of hydrogen-bond donors (Lipinski definition) is 2. The van der Waals surface area contributed by atoms with Gasteiger partial charge in [0.15, 0.2) is 5.78 Å². The van der Waals surface area contributed by atoms with E-state index < -0.39 is 0 Å². The zero-order chi connectivity index (χ0) is 11.7. The van der Waals surface area contributed by atoms with Crippen molar-refractivity contribution in [1.82, 2.24) is 10.3 Å². The lowest BCUT2D eigenvalue weighted by Crippen LogP contribution is -2.18. The van der Waals surface area contributed by atoms with Gasteiger partial charge in [-0.15, -0.1) is 0 Å². The van der Waals surface area contributed by atoms with Crippen molar-refractivity contribution in [2.45, 2.75) is 6.92 Å². The highest BCUT2D eigenvalue weighted by Gasteiger charge is 2.15. The fourth-order valence-electron chi connectivity index (χ4n) is 1.91. The van der Waals surface area contributed by atoms with Gasteiger partial charge in [-0.25, -0.2) is 0 Å². The Hall–Kier alpha value is -1.32. The summed E-state index contributed by atoms with van der Waals surface area (Å²) in [6.45, 7) is 2.23. The van der Waals surface area contributed by atoms with Crippen LogP contribution in [-0.2, 0) is 0 Å². The lowest BCUT2D eigenvalue weighted by Gasteiger charge is -2.00. The third kappa shape index (κ3) is 1.84. The normalized spacial score (nSPS) is 10.9. The van der Waals surface area contributed by atoms with E-state index in [-0.39, 0.29) is 5.78 Å². The fraction of sp³-hybridized carbons (Fsp3) is 0.250. The van der Waals surface area contributed by atoms with Crippen LogP contribution in [0.4, 0.5) is 0 Å². The molecule has 0 aliphatic heterocycles. The number of aromatic amines is 1. The number of aryl methyl sites for hydroxylation is 1. The van der Waals surface area contributed by atoms with E-state index >= 15 is 0 Å². The van der Waals surface area contributed by atoms with Gasteiger partial charge in [0.25, 0.3) is 0 Å². The van der Waals surface area contributed by atoms with E-state index in [1.54, 1.807) is 7.05 Å². The molecule has 2 N–H and O–H groups in total. The van der Waals surface area contributed by atoms with Crippen LogP contribution in [0.25, 0.3) is 10.9 Å². The minimum absolute atomic E-state index is 0.0773. The minimum atomic E-state index is 0.0773. The molecule has 1 aromatic heterocycles. The first-order valence-corrected chi connectivity index (χ1v) is 5.47. The third-order valence-corrected chi connectivity index (χ3v) is 2.80. The smallest absolute Gasteiger partial charge is 0.179 e. The number of hydrogen-bond acceptors (Lipinski definition) is 2. The summed E-state index contributed by atoms with van der Waals surface area (Å²) in [6.07, 6.45) is 0. The second kappa shape index (κ2) is 4.28. The van der Waals surface area contributed by atoms with Crippen LogP contribution in [0.3, 0.4) is 0 Å². The van der Waals surface area contributed by atoms with E-state index in [2.05, 4.69) is 10.3 Å². The monoisotopic (exact) mass is 236 g/mol. The molecular formula is C12H13ClN2O. The number of ketones is 1. The van der Waals surface area contributed by atoms with Gasteiger partial charge in [0.2, 0.25) is 0 Å². The Balaban J connectivity index is 2.62. The van der Waals surface area contributed by atoms with Crippen molar-refractivity contribution in [3.8, 4) is 0 Å². The number of halogens is 1. The number of Topliss-reactive ketones (excluding diaryl/α,β-unsaturated/α-hetero) is 1. The lowest BCUT2D eigenvalue weighted by molar-refractivity contribution is 0.0994. The van der Waals surface area contributed by atoms with Crippen molar-refractivity contribution in [3.63, 3.8) is 0 Å². The van der Waals surface area contributed by atoms with Crippen LogP contribution < -0.4 is 5.32 Å². The molecule has 2 aromatic rings. The molecule has 0 saturated carbocycles. The quantitative estimate of drug-likeness (QED) is 0.805. The maximum absolute atomic E-state index is 11.9. The van der Waals surface area contributed by atoms with Gasteiger partial charge in [-0.1, -0.05) is 11.6 Å². The molecule has 0 aliphatic rings. The number of rotatable bonds is 3. The van der Waals surface area contributed by atoms with Crippen molar-refractivity contribution in [2.24, 2.45) is 0 Å². The summed E-state index contributed by atoms with van der Waals surface area (Å²) in [5, 5.41) is 4.40. The molecule has 1 aromatic carbocycles. The molecule has 4 heteroatoms. The van der Waals surface area contributed by atoms with E-state index in [1.807, 2.05) is 25.1 Å². The molecular weight excluding hydrogens is 224 g/mol. The number of H-pyrrole nitrogens is 1. The van der Waals surface area contributed by atoms with Crippen LogP contribution in [0.2, 0.25) is 5.02 Å². The fourth-order valence-corrected chi connectivity index (χ4v) is 2.08. The molecule has 1 heterocycles. The molecule has 84 valence electrons. The highest BCUT2D eigenvalue weighted by molar-refractivity contribution is 6.31. The second-order valence-corrected chi connectivity index (χ2v) is 4.20. The van der Waals surface area contributed by atoms with Crippen molar-refractivity contribution in [1.29, 1.82) is 0 Å². The number of nitrogens with one attached hydrogen (secondary N) is 2. The Labute approximate surface area is 98.8 Å². The van der Waals surface area contributed by atoms with Gasteiger partial charge >= 0.3 is 0 Å². The number of likely N-dealkylation sites (N-methyl/N-ethyl adjacent to an activating group) is 1. The largest absolute Gasteiger partial charge is 0.358 e. The van der Waals surface area contributed by atoms with Gasteiger partial charge in [-0.05, 0) is 32.2 Å². The van der Waals surface area contributed by atoms with Gasteiger partial charge in [0.1, 0.15) is 0 Å². The van der Waals surface area contributed by atoms with Crippen LogP contribution in [0.15, 0.2) is 18.2 Å². The van der Waals surface area contributed by atoms with Gasteiger partial charge in [-0.2, -0.15) is 0 Å². The van der Waals surface area contributed by atoms with Crippen molar-refractivity contribution in [3.05, 3.63) is 34.5 Å². The van der Waals surface area contributed by atoms with E-state index in [0.29, 0.717) is 11.6 Å². The molecule has 3 nitrogen and oxygen atoms in total. The summed E-state index contributed by atoms with van der Waals surface area (Å²) >= 11 is 5.94. The first kappa shape index (κ1) is 11.2. The summed E-state index contributed by atoms with van der Waals surface area (Å²) in [6, 6.07) is 5.52. The zero-order valence-corrected chi connectivity index (χ0v) is 9.98. The molecule has 0 saturated heterocycles. The van der Waals surface area contributed by atoms with E-state index in [4.69, 9.17) is 11.6 Å². The molecule has 0 unspecified atom stereocenters. The summed E-state index contributed by atoms with van der Waals surface area (Å²) in [5.41, 5.74) is 2.56. The van der Waals surface area contributed by atoms with Crippen molar-refractivity contribution < 1.29 is 4.79 Å². The Morgan fingerprint density at radius 1 is 1.50 bits per heavy atom. The van der Waals surface area contributed by atoms with Crippen LogP contribution in [-0.4, -0.2) is 24.4 Å².